The normalized spacial score (nSPS) is 14.6. The van der Waals surface area contributed by atoms with E-state index in [2.05, 4.69) is 10.2 Å². The van der Waals surface area contributed by atoms with Gasteiger partial charge in [0.15, 0.2) is 11.5 Å². The number of fused-ring (bicyclic) bond motifs is 1. The van der Waals surface area contributed by atoms with Gasteiger partial charge in [-0.05, 0) is 60.0 Å². The van der Waals surface area contributed by atoms with Gasteiger partial charge in [0.2, 0.25) is 0 Å². The lowest BCUT2D eigenvalue weighted by Crippen LogP contribution is -2.42. The van der Waals surface area contributed by atoms with Gasteiger partial charge in [0, 0.05) is 12.1 Å². The predicted octanol–water partition coefficient (Wildman–Crippen LogP) is 4.92. The van der Waals surface area contributed by atoms with Crippen molar-refractivity contribution in [3.05, 3.63) is 89.6 Å². The maximum atomic E-state index is 13.8. The molecule has 4 aromatic rings. The Labute approximate surface area is 215 Å². The Morgan fingerprint density at radius 1 is 0.919 bits per heavy atom. The van der Waals surface area contributed by atoms with Gasteiger partial charge in [-0.15, -0.1) is 0 Å². The molecule has 0 aliphatic carbocycles. The van der Waals surface area contributed by atoms with Gasteiger partial charge in [-0.3, -0.25) is 9.89 Å². The van der Waals surface area contributed by atoms with Crippen LogP contribution in [0.2, 0.25) is 0 Å². The van der Waals surface area contributed by atoms with Crippen LogP contribution in [-0.4, -0.2) is 55.5 Å². The van der Waals surface area contributed by atoms with Crippen LogP contribution in [0.15, 0.2) is 72.8 Å². The number of amides is 1. The maximum absolute atomic E-state index is 13.8. The summed E-state index contributed by atoms with van der Waals surface area (Å²) in [5.41, 5.74) is 4.15. The average Bonchev–Trinajstić information content (AvgIpc) is 3.46. The first-order chi connectivity index (χ1) is 18.1. The Balaban J connectivity index is 1.46. The summed E-state index contributed by atoms with van der Waals surface area (Å²) in [5, 5.41) is 7.31. The van der Waals surface area contributed by atoms with Crippen LogP contribution in [0.4, 0.5) is 0 Å². The zero-order valence-corrected chi connectivity index (χ0v) is 21.1. The fraction of sp³-hybridized carbons (Fsp3) is 0.241. The second-order valence-electron chi connectivity index (χ2n) is 8.69. The number of nitrogens with one attached hydrogen (secondary N) is 1. The van der Waals surface area contributed by atoms with E-state index in [4.69, 9.17) is 18.9 Å². The number of rotatable bonds is 8. The molecule has 3 aromatic carbocycles. The van der Waals surface area contributed by atoms with Crippen LogP contribution in [0, 0.1) is 0 Å². The fourth-order valence-corrected chi connectivity index (χ4v) is 4.64. The van der Waals surface area contributed by atoms with Crippen molar-refractivity contribution in [3.8, 4) is 34.3 Å². The van der Waals surface area contributed by atoms with Crippen molar-refractivity contribution in [2.45, 2.75) is 12.5 Å². The third-order valence-electron chi connectivity index (χ3n) is 6.61. The lowest BCUT2D eigenvalue weighted by Gasteiger charge is -2.37. The molecule has 1 unspecified atom stereocenters. The summed E-state index contributed by atoms with van der Waals surface area (Å²) in [6.07, 6.45) is 0.681. The highest BCUT2D eigenvalue weighted by Crippen LogP contribution is 2.39. The van der Waals surface area contributed by atoms with Gasteiger partial charge in [-0.1, -0.05) is 30.3 Å². The van der Waals surface area contributed by atoms with E-state index in [0.29, 0.717) is 35.9 Å². The number of aromatic nitrogens is 2. The number of ether oxygens (including phenoxy) is 4. The molecule has 1 aliphatic heterocycles. The van der Waals surface area contributed by atoms with Gasteiger partial charge in [0.1, 0.15) is 23.8 Å². The Kier molecular flexibility index (Phi) is 6.98. The number of H-pyrrole nitrogens is 1. The zero-order valence-electron chi connectivity index (χ0n) is 21.1. The monoisotopic (exact) mass is 499 g/mol. The van der Waals surface area contributed by atoms with E-state index in [-0.39, 0.29) is 18.6 Å². The highest BCUT2D eigenvalue weighted by atomic mass is 16.5. The van der Waals surface area contributed by atoms with Crippen LogP contribution in [0.1, 0.15) is 27.7 Å². The molecule has 37 heavy (non-hydrogen) atoms. The van der Waals surface area contributed by atoms with Crippen molar-refractivity contribution in [2.75, 3.05) is 34.5 Å². The molecule has 0 radical (unpaired) electrons. The Morgan fingerprint density at radius 3 is 2.32 bits per heavy atom. The second kappa shape index (κ2) is 10.7. The van der Waals surface area contributed by atoms with Crippen molar-refractivity contribution in [2.24, 2.45) is 0 Å². The highest BCUT2D eigenvalue weighted by molar-refractivity contribution is 5.94. The average molecular weight is 500 g/mol. The van der Waals surface area contributed by atoms with Crippen LogP contribution in [-0.2, 0) is 6.42 Å². The number of benzene rings is 3. The molecule has 1 N–H and O–H groups in total. The molecule has 0 fully saturated rings. The summed E-state index contributed by atoms with van der Waals surface area (Å²) in [7, 11) is 4.85. The van der Waals surface area contributed by atoms with Gasteiger partial charge in [0.25, 0.3) is 5.91 Å². The van der Waals surface area contributed by atoms with E-state index < -0.39 is 0 Å². The minimum Gasteiger partial charge on any atom is -0.497 e. The molecule has 2 heterocycles. The van der Waals surface area contributed by atoms with E-state index >= 15 is 0 Å². The molecule has 1 aromatic heterocycles. The molecule has 0 saturated carbocycles. The van der Waals surface area contributed by atoms with Crippen LogP contribution in [0.25, 0.3) is 11.3 Å². The first kappa shape index (κ1) is 24.2. The lowest BCUT2D eigenvalue weighted by atomic mass is 9.91. The Hall–Kier alpha value is -4.46. The summed E-state index contributed by atoms with van der Waals surface area (Å²) in [4.78, 5) is 15.6. The fourth-order valence-electron chi connectivity index (χ4n) is 4.64. The molecule has 8 nitrogen and oxygen atoms in total. The van der Waals surface area contributed by atoms with Crippen LogP contribution in [0.5, 0.6) is 23.0 Å². The summed E-state index contributed by atoms with van der Waals surface area (Å²) >= 11 is 0. The first-order valence-corrected chi connectivity index (χ1v) is 12.0. The van der Waals surface area contributed by atoms with Crippen LogP contribution < -0.4 is 18.9 Å². The smallest absolute Gasteiger partial charge is 0.272 e. The molecule has 0 bridgehead atoms. The topological polar surface area (TPSA) is 85.9 Å². The number of carbonyl (C=O) groups excluding carboxylic acids is 1. The molecule has 5 rings (SSSR count). The number of nitrogens with zero attached hydrogens (tertiary/aromatic N) is 2. The zero-order chi connectivity index (χ0) is 25.8. The molecule has 0 saturated heterocycles. The molecule has 190 valence electrons. The Bertz CT molecular complexity index is 1370. The van der Waals surface area contributed by atoms with Gasteiger partial charge in [0.05, 0.1) is 33.1 Å². The third kappa shape index (κ3) is 4.95. The largest absolute Gasteiger partial charge is 0.497 e. The number of methoxy groups -OCH3 is 3. The van der Waals surface area contributed by atoms with Crippen molar-refractivity contribution < 1.29 is 23.7 Å². The number of hydrogen-bond acceptors (Lipinski definition) is 6. The molecule has 0 spiro atoms. The van der Waals surface area contributed by atoms with E-state index in [9.17, 15) is 4.79 Å². The lowest BCUT2D eigenvalue weighted by molar-refractivity contribution is 0.0583. The standard InChI is InChI=1S/C29H29N3O5/c1-34-21-9-11-22(12-10-21)37-18-26-23-16-28(36-3)27(35-2)15-20(23)13-14-32(26)29(33)25-17-24(30-31-25)19-7-5-4-6-8-19/h4-12,15-17,26H,13-14,18H2,1-3H3,(H,30,31). The van der Waals surface area contributed by atoms with Gasteiger partial charge in [-0.2, -0.15) is 5.10 Å². The SMILES string of the molecule is COc1ccc(OCC2c3cc(OC)c(OC)cc3CCN2C(=O)c2cc(-c3ccccc3)n[nH]2)cc1. The summed E-state index contributed by atoms with van der Waals surface area (Å²) < 4.78 is 22.5. The molecular formula is C29H29N3O5. The number of carbonyl (C=O) groups is 1. The summed E-state index contributed by atoms with van der Waals surface area (Å²) in [5.74, 6) is 2.57. The molecule has 8 heteroatoms. The maximum Gasteiger partial charge on any atom is 0.272 e. The Morgan fingerprint density at radius 2 is 1.62 bits per heavy atom. The first-order valence-electron chi connectivity index (χ1n) is 12.0. The molecule has 1 amide bonds. The number of aromatic amines is 1. The third-order valence-corrected chi connectivity index (χ3v) is 6.61. The number of hydrogen-bond donors (Lipinski definition) is 1. The second-order valence-corrected chi connectivity index (χ2v) is 8.69. The minimum absolute atomic E-state index is 0.140. The van der Waals surface area contributed by atoms with Crippen molar-refractivity contribution in [1.82, 2.24) is 15.1 Å². The van der Waals surface area contributed by atoms with E-state index in [1.165, 1.54) is 0 Å². The van der Waals surface area contributed by atoms with Gasteiger partial charge >= 0.3 is 0 Å². The van der Waals surface area contributed by atoms with Crippen molar-refractivity contribution in [3.63, 3.8) is 0 Å². The van der Waals surface area contributed by atoms with E-state index in [0.717, 1.165) is 28.1 Å². The van der Waals surface area contributed by atoms with Gasteiger partial charge in [-0.25, -0.2) is 0 Å². The van der Waals surface area contributed by atoms with Crippen LogP contribution >= 0.6 is 0 Å². The quantitative estimate of drug-likeness (QED) is 0.370. The van der Waals surface area contributed by atoms with Crippen LogP contribution in [0.3, 0.4) is 0 Å². The summed E-state index contributed by atoms with van der Waals surface area (Å²) in [6.45, 7) is 0.790. The molecular weight excluding hydrogens is 470 g/mol. The highest BCUT2D eigenvalue weighted by Gasteiger charge is 2.34. The minimum atomic E-state index is -0.346. The van der Waals surface area contributed by atoms with Gasteiger partial charge < -0.3 is 23.8 Å². The van der Waals surface area contributed by atoms with E-state index in [1.54, 1.807) is 27.4 Å². The molecule has 1 aliphatic rings. The predicted molar refractivity (Wildman–Crippen MR) is 140 cm³/mol. The van der Waals surface area contributed by atoms with Crippen molar-refractivity contribution >= 4 is 5.91 Å². The van der Waals surface area contributed by atoms with E-state index in [1.807, 2.05) is 71.6 Å². The van der Waals surface area contributed by atoms with Crippen molar-refractivity contribution in [1.29, 1.82) is 0 Å². The summed E-state index contributed by atoms with van der Waals surface area (Å²) in [6, 6.07) is 22.5. The molecule has 1 atom stereocenters.